The molecule has 0 aliphatic carbocycles. The zero-order valence-electron chi connectivity index (χ0n) is 16.8. The van der Waals surface area contributed by atoms with Crippen LogP contribution in [-0.2, 0) is 12.8 Å². The molecular weight excluding hydrogens is 416 g/mol. The van der Waals surface area contributed by atoms with E-state index in [1.54, 1.807) is 30.3 Å². The number of nitrogens with one attached hydrogen (secondary N) is 1. The van der Waals surface area contributed by atoms with Crippen molar-refractivity contribution < 1.29 is 27.7 Å². The van der Waals surface area contributed by atoms with Crippen molar-refractivity contribution >= 4 is 11.7 Å². The second-order valence-electron chi connectivity index (χ2n) is 7.50. The maximum atomic E-state index is 14.7. The molecule has 32 heavy (non-hydrogen) atoms. The molecule has 5 rings (SSSR count). The minimum absolute atomic E-state index is 0.0324. The van der Waals surface area contributed by atoms with E-state index in [1.165, 1.54) is 41.3 Å². The molecule has 0 spiro atoms. The second kappa shape index (κ2) is 7.88. The fourth-order valence-electron chi connectivity index (χ4n) is 3.89. The minimum atomic E-state index is -0.854. The first-order chi connectivity index (χ1) is 15.5. The fraction of sp³-hybridized carbons (Fsp3) is 0.125. The highest BCUT2D eigenvalue weighted by Gasteiger charge is 2.43. The van der Waals surface area contributed by atoms with Gasteiger partial charge >= 0.3 is 11.7 Å². The van der Waals surface area contributed by atoms with Crippen LogP contribution in [-0.4, -0.2) is 22.0 Å². The van der Waals surface area contributed by atoms with Crippen molar-refractivity contribution in [1.82, 2.24) is 4.98 Å². The van der Waals surface area contributed by atoms with Crippen LogP contribution in [0.3, 0.4) is 0 Å². The lowest BCUT2D eigenvalue weighted by atomic mass is 10.1. The van der Waals surface area contributed by atoms with Crippen LogP contribution in [0.25, 0.3) is 11.3 Å². The van der Waals surface area contributed by atoms with Crippen molar-refractivity contribution in [3.8, 4) is 17.0 Å². The van der Waals surface area contributed by atoms with E-state index in [-0.39, 0.29) is 35.8 Å². The Labute approximate surface area is 181 Å². The number of furan rings is 1. The lowest BCUT2D eigenvalue weighted by Gasteiger charge is -2.09. The molecule has 1 aliphatic heterocycles. The number of fused-ring (bicyclic) bond motifs is 1. The average molecular weight is 434 g/mol. The molecular formula is C24H18F2N3O3+. The third-order valence-corrected chi connectivity index (χ3v) is 5.47. The van der Waals surface area contributed by atoms with E-state index < -0.39 is 17.6 Å². The standard InChI is InChI=1S/C24H17F2N3O3/c25-17-8-2-1-5-14(17)11-18-23-28-19(12-15-6-4-10-32-15)24(31)29(23)20(13-27-18)16-7-3-9-21(30)22(16)26/h1-10,13,19,30H,11-12H2/p+1. The molecule has 0 fully saturated rings. The van der Waals surface area contributed by atoms with E-state index >= 15 is 0 Å². The molecule has 2 N–H and O–H groups in total. The molecule has 0 saturated carbocycles. The second-order valence-corrected chi connectivity index (χ2v) is 7.50. The maximum absolute atomic E-state index is 14.7. The first kappa shape index (κ1) is 19.9. The molecule has 8 heteroatoms. The Morgan fingerprint density at radius 2 is 1.94 bits per heavy atom. The Kier molecular flexibility index (Phi) is 4.89. The highest BCUT2D eigenvalue weighted by atomic mass is 19.1. The molecule has 4 aromatic rings. The molecule has 2 aromatic heterocycles. The summed E-state index contributed by atoms with van der Waals surface area (Å²) in [6, 6.07) is 13.3. The normalized spacial score (nSPS) is 14.9. The maximum Gasteiger partial charge on any atom is 0.360 e. The number of halogens is 2. The Morgan fingerprint density at radius 3 is 2.72 bits per heavy atom. The van der Waals surface area contributed by atoms with E-state index in [2.05, 4.69) is 10.3 Å². The summed E-state index contributed by atoms with van der Waals surface area (Å²) >= 11 is 0. The molecule has 0 amide bonds. The largest absolute Gasteiger partial charge is 0.505 e. The Balaban J connectivity index is 1.63. The van der Waals surface area contributed by atoms with Gasteiger partial charge in [-0.05, 0) is 35.9 Å². The number of phenolic OH excluding ortho intramolecular Hbond substituents is 1. The van der Waals surface area contributed by atoms with Crippen molar-refractivity contribution in [1.29, 1.82) is 0 Å². The van der Waals surface area contributed by atoms with Gasteiger partial charge in [0.25, 0.3) is 0 Å². The van der Waals surface area contributed by atoms with Gasteiger partial charge in [0.1, 0.15) is 17.3 Å². The summed E-state index contributed by atoms with van der Waals surface area (Å²) in [4.78, 5) is 17.8. The monoisotopic (exact) mass is 434 g/mol. The van der Waals surface area contributed by atoms with E-state index in [1.807, 2.05) is 0 Å². The topological polar surface area (TPSA) is 79.2 Å². The smallest absolute Gasteiger partial charge is 0.360 e. The van der Waals surface area contributed by atoms with Gasteiger partial charge in [-0.1, -0.05) is 24.3 Å². The van der Waals surface area contributed by atoms with Gasteiger partial charge in [0.15, 0.2) is 17.3 Å². The SMILES string of the molecule is O=C1C(Cc2ccco2)Nc2c(Cc3ccccc3F)ncc(-c3cccc(O)c3F)[n+]21. The van der Waals surface area contributed by atoms with Crippen LogP contribution >= 0.6 is 0 Å². The predicted octanol–water partition coefficient (Wildman–Crippen LogP) is 3.88. The Hall–Kier alpha value is -4.07. The number of benzene rings is 2. The molecule has 1 aliphatic rings. The molecule has 2 aromatic carbocycles. The van der Waals surface area contributed by atoms with E-state index in [9.17, 15) is 18.7 Å². The first-order valence-electron chi connectivity index (χ1n) is 10.0. The van der Waals surface area contributed by atoms with Gasteiger partial charge < -0.3 is 9.52 Å². The lowest BCUT2D eigenvalue weighted by molar-refractivity contribution is -0.541. The van der Waals surface area contributed by atoms with Gasteiger partial charge in [0, 0.05) is 6.42 Å². The van der Waals surface area contributed by atoms with Gasteiger partial charge in [-0.15, -0.1) is 0 Å². The molecule has 160 valence electrons. The molecule has 1 unspecified atom stereocenters. The zero-order valence-corrected chi connectivity index (χ0v) is 16.8. The number of phenols is 1. The van der Waals surface area contributed by atoms with Crippen LogP contribution in [0, 0.1) is 11.6 Å². The third kappa shape index (κ3) is 3.39. The van der Waals surface area contributed by atoms with Gasteiger partial charge in [-0.3, -0.25) is 5.32 Å². The van der Waals surface area contributed by atoms with Crippen LogP contribution in [0.1, 0.15) is 21.8 Å². The lowest BCUT2D eigenvalue weighted by Crippen LogP contribution is -2.46. The minimum Gasteiger partial charge on any atom is -0.505 e. The summed E-state index contributed by atoms with van der Waals surface area (Å²) in [7, 11) is 0. The Morgan fingerprint density at radius 1 is 1.09 bits per heavy atom. The fourth-order valence-corrected chi connectivity index (χ4v) is 3.89. The summed E-state index contributed by atoms with van der Waals surface area (Å²) in [6.45, 7) is 0. The van der Waals surface area contributed by atoms with Gasteiger partial charge in [0.05, 0.1) is 24.4 Å². The van der Waals surface area contributed by atoms with Crippen LogP contribution in [0.2, 0.25) is 0 Å². The molecule has 0 radical (unpaired) electrons. The summed E-state index contributed by atoms with van der Waals surface area (Å²) in [5.74, 6) is -1.13. The molecule has 6 nitrogen and oxygen atoms in total. The number of aromatic hydroxyl groups is 1. The van der Waals surface area contributed by atoms with Crippen molar-refractivity contribution in [3.63, 3.8) is 0 Å². The third-order valence-electron chi connectivity index (χ3n) is 5.47. The van der Waals surface area contributed by atoms with E-state index in [4.69, 9.17) is 4.42 Å². The summed E-state index contributed by atoms with van der Waals surface area (Å²) in [6.07, 6.45) is 3.30. The summed E-state index contributed by atoms with van der Waals surface area (Å²) in [5.41, 5.74) is 1.08. The number of hydrogen-bond acceptors (Lipinski definition) is 5. The number of aromatic nitrogens is 2. The molecule has 0 saturated heterocycles. The Bertz CT molecular complexity index is 1320. The highest BCUT2D eigenvalue weighted by molar-refractivity contribution is 5.84. The van der Waals surface area contributed by atoms with Gasteiger partial charge in [-0.2, -0.15) is 4.57 Å². The zero-order chi connectivity index (χ0) is 22.2. The predicted molar refractivity (Wildman–Crippen MR) is 111 cm³/mol. The van der Waals surface area contributed by atoms with Crippen molar-refractivity contribution in [2.24, 2.45) is 0 Å². The molecule has 3 heterocycles. The molecule has 1 atom stereocenters. The van der Waals surface area contributed by atoms with Gasteiger partial charge in [-0.25, -0.2) is 18.6 Å². The van der Waals surface area contributed by atoms with Crippen LogP contribution in [0.4, 0.5) is 14.6 Å². The number of rotatable bonds is 5. The van der Waals surface area contributed by atoms with Crippen LogP contribution in [0.5, 0.6) is 5.75 Å². The van der Waals surface area contributed by atoms with Crippen molar-refractivity contribution in [2.75, 3.05) is 5.32 Å². The quantitative estimate of drug-likeness (QED) is 0.466. The summed E-state index contributed by atoms with van der Waals surface area (Å²) in [5, 5.41) is 13.0. The first-order valence-corrected chi connectivity index (χ1v) is 10.0. The molecule has 0 bridgehead atoms. The summed E-state index contributed by atoms with van der Waals surface area (Å²) < 4.78 is 35.7. The average Bonchev–Trinajstić information content (AvgIpc) is 3.41. The van der Waals surface area contributed by atoms with Gasteiger partial charge in [0.2, 0.25) is 6.04 Å². The number of anilines is 1. The van der Waals surface area contributed by atoms with E-state index in [0.717, 1.165) is 0 Å². The van der Waals surface area contributed by atoms with E-state index in [0.29, 0.717) is 22.8 Å². The van der Waals surface area contributed by atoms with Crippen molar-refractivity contribution in [2.45, 2.75) is 18.9 Å². The number of carbonyl (C=O) groups is 1. The highest BCUT2D eigenvalue weighted by Crippen LogP contribution is 2.30. The van der Waals surface area contributed by atoms with Crippen molar-refractivity contribution in [3.05, 3.63) is 95.7 Å². The van der Waals surface area contributed by atoms with Crippen LogP contribution in [0.15, 0.2) is 71.5 Å². The number of nitrogens with zero attached hydrogens (tertiary/aromatic N) is 2. The van der Waals surface area contributed by atoms with Crippen LogP contribution < -0.4 is 9.88 Å². The number of carbonyl (C=O) groups excluding carboxylic acids is 1. The number of hydrogen-bond donors (Lipinski definition) is 2.